The van der Waals surface area contributed by atoms with Crippen molar-refractivity contribution in [3.63, 3.8) is 0 Å². The zero-order valence-corrected chi connectivity index (χ0v) is 8.82. The molecule has 0 aromatic carbocycles. The van der Waals surface area contributed by atoms with Gasteiger partial charge in [-0.25, -0.2) is 4.98 Å². The summed E-state index contributed by atoms with van der Waals surface area (Å²) in [6, 6.07) is 0.379. The predicted molar refractivity (Wildman–Crippen MR) is 57.0 cm³/mol. The molecule has 78 valence electrons. The van der Waals surface area contributed by atoms with E-state index in [0.29, 0.717) is 12.0 Å². The van der Waals surface area contributed by atoms with Crippen LogP contribution in [0.3, 0.4) is 0 Å². The summed E-state index contributed by atoms with van der Waals surface area (Å²) in [5.74, 6) is 0.591. The maximum Gasteiger partial charge on any atom is 0.0946 e. The van der Waals surface area contributed by atoms with E-state index < -0.39 is 0 Å². The van der Waals surface area contributed by atoms with Crippen LogP contribution in [0.5, 0.6) is 0 Å². The number of rotatable bonds is 1. The zero-order valence-electron chi connectivity index (χ0n) is 8.82. The van der Waals surface area contributed by atoms with Crippen LogP contribution >= 0.6 is 0 Å². The van der Waals surface area contributed by atoms with E-state index in [1.54, 1.807) is 0 Å². The maximum absolute atomic E-state index is 6.03. The summed E-state index contributed by atoms with van der Waals surface area (Å²) in [6.45, 7) is 0. The lowest BCUT2D eigenvalue weighted by Gasteiger charge is -2.14. The minimum atomic E-state index is 0.379. The average Bonchev–Trinajstić information content (AvgIpc) is 2.45. The second-order valence-electron chi connectivity index (χ2n) is 4.44. The fraction of sp³-hybridized carbons (Fsp3) is 0.727. The molecule has 1 fully saturated rings. The van der Waals surface area contributed by atoms with Crippen LogP contribution in [-0.4, -0.2) is 15.6 Å². The number of hydrogen-bond donors (Lipinski definition) is 1. The lowest BCUT2D eigenvalue weighted by atomic mass is 9.95. The molecule has 3 heteroatoms. The molecule has 3 nitrogen and oxygen atoms in total. The van der Waals surface area contributed by atoms with Crippen LogP contribution in [0.25, 0.3) is 0 Å². The van der Waals surface area contributed by atoms with Crippen LogP contribution in [-0.2, 0) is 7.05 Å². The lowest BCUT2D eigenvalue weighted by molar-refractivity contribution is 0.528. The molecule has 0 aliphatic heterocycles. The van der Waals surface area contributed by atoms with Crippen LogP contribution in [0.15, 0.2) is 12.5 Å². The Hall–Kier alpha value is -0.830. The normalized spacial score (nSPS) is 28.7. The Kier molecular flexibility index (Phi) is 2.87. The molecular weight excluding hydrogens is 174 g/mol. The first-order valence-electron chi connectivity index (χ1n) is 5.49. The van der Waals surface area contributed by atoms with Crippen molar-refractivity contribution < 1.29 is 0 Å². The van der Waals surface area contributed by atoms with E-state index in [1.807, 2.05) is 17.9 Å². The number of aryl methyl sites for hydroxylation is 1. The van der Waals surface area contributed by atoms with Crippen molar-refractivity contribution in [1.82, 2.24) is 9.55 Å². The first-order valence-corrected chi connectivity index (χ1v) is 5.49. The molecule has 0 amide bonds. The summed E-state index contributed by atoms with van der Waals surface area (Å²) in [6.07, 6.45) is 10.1. The molecule has 0 spiro atoms. The Morgan fingerprint density at radius 2 is 2.21 bits per heavy atom. The number of imidazole rings is 1. The van der Waals surface area contributed by atoms with Gasteiger partial charge in [-0.15, -0.1) is 0 Å². The van der Waals surface area contributed by atoms with Gasteiger partial charge in [0.25, 0.3) is 0 Å². The third-order valence-electron chi connectivity index (χ3n) is 3.11. The van der Waals surface area contributed by atoms with Gasteiger partial charge < -0.3 is 10.3 Å². The molecule has 1 saturated carbocycles. The third kappa shape index (κ3) is 2.15. The molecule has 1 aliphatic rings. The number of hydrogen-bond acceptors (Lipinski definition) is 2. The molecule has 14 heavy (non-hydrogen) atoms. The van der Waals surface area contributed by atoms with E-state index in [-0.39, 0.29) is 0 Å². The van der Waals surface area contributed by atoms with Gasteiger partial charge in [0.1, 0.15) is 0 Å². The molecule has 0 radical (unpaired) electrons. The van der Waals surface area contributed by atoms with Crippen molar-refractivity contribution >= 4 is 0 Å². The molecule has 1 aliphatic carbocycles. The van der Waals surface area contributed by atoms with Crippen molar-refractivity contribution in [2.24, 2.45) is 12.8 Å². The topological polar surface area (TPSA) is 43.8 Å². The second-order valence-corrected chi connectivity index (χ2v) is 4.44. The van der Waals surface area contributed by atoms with Gasteiger partial charge in [-0.05, 0) is 19.3 Å². The Labute approximate surface area is 85.3 Å². The van der Waals surface area contributed by atoms with Gasteiger partial charge in [-0.1, -0.05) is 12.8 Å². The third-order valence-corrected chi connectivity index (χ3v) is 3.11. The van der Waals surface area contributed by atoms with Crippen LogP contribution < -0.4 is 5.73 Å². The molecule has 1 aromatic heterocycles. The largest absolute Gasteiger partial charge is 0.340 e. The van der Waals surface area contributed by atoms with E-state index in [4.69, 9.17) is 5.73 Å². The number of aromatic nitrogens is 2. The first kappa shape index (κ1) is 9.71. The summed E-state index contributed by atoms with van der Waals surface area (Å²) in [5.41, 5.74) is 7.26. The fourth-order valence-corrected chi connectivity index (χ4v) is 2.31. The van der Waals surface area contributed by atoms with Gasteiger partial charge in [-0.3, -0.25) is 0 Å². The van der Waals surface area contributed by atoms with E-state index in [1.165, 1.54) is 31.4 Å². The van der Waals surface area contributed by atoms with Crippen molar-refractivity contribution in [1.29, 1.82) is 0 Å². The minimum absolute atomic E-state index is 0.379. The van der Waals surface area contributed by atoms with Crippen molar-refractivity contribution in [3.05, 3.63) is 18.2 Å². The first-order chi connectivity index (χ1) is 6.75. The Bertz CT molecular complexity index is 292. The molecular formula is C11H19N3. The summed E-state index contributed by atoms with van der Waals surface area (Å²) >= 11 is 0. The highest BCUT2D eigenvalue weighted by molar-refractivity contribution is 5.06. The van der Waals surface area contributed by atoms with Crippen molar-refractivity contribution in [2.45, 2.75) is 44.1 Å². The zero-order chi connectivity index (χ0) is 9.97. The van der Waals surface area contributed by atoms with E-state index in [0.717, 1.165) is 6.42 Å². The highest BCUT2D eigenvalue weighted by Gasteiger charge is 2.20. The highest BCUT2D eigenvalue weighted by Crippen LogP contribution is 2.29. The maximum atomic E-state index is 6.03. The molecule has 2 N–H and O–H groups in total. The lowest BCUT2D eigenvalue weighted by Crippen LogP contribution is -2.20. The second kappa shape index (κ2) is 4.13. The average molecular weight is 193 g/mol. The number of nitrogens with zero attached hydrogens (tertiary/aromatic N) is 2. The molecule has 1 heterocycles. The van der Waals surface area contributed by atoms with Crippen LogP contribution in [0.2, 0.25) is 0 Å². The van der Waals surface area contributed by atoms with E-state index >= 15 is 0 Å². The SMILES string of the molecule is Cn1cnc(C2CCCCC(N)C2)c1. The van der Waals surface area contributed by atoms with Gasteiger partial charge in [0.2, 0.25) is 0 Å². The van der Waals surface area contributed by atoms with Gasteiger partial charge in [-0.2, -0.15) is 0 Å². The number of nitrogens with two attached hydrogens (primary N) is 1. The molecule has 2 unspecified atom stereocenters. The standard InChI is InChI=1S/C11H19N3/c1-14-7-11(13-8-14)9-4-2-3-5-10(12)6-9/h7-10H,2-6,12H2,1H3. The van der Waals surface area contributed by atoms with Gasteiger partial charge in [0, 0.05) is 25.2 Å². The molecule has 0 saturated heterocycles. The van der Waals surface area contributed by atoms with Gasteiger partial charge >= 0.3 is 0 Å². The predicted octanol–water partition coefficient (Wildman–Crippen LogP) is 1.80. The smallest absolute Gasteiger partial charge is 0.0946 e. The fourth-order valence-electron chi connectivity index (χ4n) is 2.31. The summed E-state index contributed by atoms with van der Waals surface area (Å²) in [4.78, 5) is 4.42. The summed E-state index contributed by atoms with van der Waals surface area (Å²) in [5, 5.41) is 0. The Morgan fingerprint density at radius 3 is 2.93 bits per heavy atom. The van der Waals surface area contributed by atoms with Gasteiger partial charge in [0.05, 0.1) is 12.0 Å². The van der Waals surface area contributed by atoms with Crippen LogP contribution in [0, 0.1) is 0 Å². The van der Waals surface area contributed by atoms with Crippen molar-refractivity contribution in [3.8, 4) is 0 Å². The van der Waals surface area contributed by atoms with E-state index in [2.05, 4.69) is 11.2 Å². The van der Waals surface area contributed by atoms with Crippen LogP contribution in [0.4, 0.5) is 0 Å². The van der Waals surface area contributed by atoms with Crippen molar-refractivity contribution in [2.75, 3.05) is 0 Å². The molecule has 0 bridgehead atoms. The summed E-state index contributed by atoms with van der Waals surface area (Å²) in [7, 11) is 2.02. The molecule has 2 atom stereocenters. The van der Waals surface area contributed by atoms with Crippen LogP contribution in [0.1, 0.15) is 43.7 Å². The van der Waals surface area contributed by atoms with E-state index in [9.17, 15) is 0 Å². The molecule has 2 rings (SSSR count). The minimum Gasteiger partial charge on any atom is -0.340 e. The Balaban J connectivity index is 2.08. The highest BCUT2D eigenvalue weighted by atomic mass is 15.0. The summed E-state index contributed by atoms with van der Waals surface area (Å²) < 4.78 is 2.02. The monoisotopic (exact) mass is 193 g/mol. The van der Waals surface area contributed by atoms with Gasteiger partial charge in [0.15, 0.2) is 0 Å². The Morgan fingerprint density at radius 1 is 1.43 bits per heavy atom. The quantitative estimate of drug-likeness (QED) is 0.691. The molecule has 1 aromatic rings.